The Bertz CT molecular complexity index is 186. The van der Waals surface area contributed by atoms with Crippen LogP contribution in [-0.2, 0) is 0 Å². The molecule has 0 aliphatic rings. The number of nitrogens with zero attached hydrogens (tertiary/aromatic N) is 2. The van der Waals surface area contributed by atoms with Gasteiger partial charge in [-0.05, 0) is 14.1 Å². The minimum Gasteiger partial charge on any atom is -0.481 e. The van der Waals surface area contributed by atoms with Gasteiger partial charge in [0.2, 0.25) is 0 Å². The molecule has 0 spiro atoms. The maximum atomic E-state index is 5.37. The lowest BCUT2D eigenvalue weighted by molar-refractivity contribution is 0.266. The lowest BCUT2D eigenvalue weighted by Gasteiger charge is -2.08. The van der Waals surface area contributed by atoms with Crippen LogP contribution in [0.25, 0.3) is 0 Å². The highest BCUT2D eigenvalue weighted by molar-refractivity contribution is 7.11. The summed E-state index contributed by atoms with van der Waals surface area (Å²) in [5, 5.41) is 0.895. The summed E-state index contributed by atoms with van der Waals surface area (Å²) in [6.45, 7) is 1.67. The van der Waals surface area contributed by atoms with Gasteiger partial charge in [-0.15, -0.1) is 0 Å². The van der Waals surface area contributed by atoms with Crippen LogP contribution in [0.3, 0.4) is 0 Å². The number of ether oxygens (including phenoxy) is 1. The first-order chi connectivity index (χ1) is 5.29. The highest BCUT2D eigenvalue weighted by Gasteiger charge is 1.94. The second-order valence-corrected chi connectivity index (χ2v) is 3.32. The minimum absolute atomic E-state index is 0.731. The summed E-state index contributed by atoms with van der Waals surface area (Å²) >= 11 is 1.52. The molecule has 0 aliphatic carbocycles. The van der Waals surface area contributed by atoms with Crippen LogP contribution in [0.2, 0.25) is 0 Å². The molecule has 0 saturated heterocycles. The van der Waals surface area contributed by atoms with E-state index in [0.29, 0.717) is 0 Å². The van der Waals surface area contributed by atoms with Gasteiger partial charge >= 0.3 is 0 Å². The molecule has 0 fully saturated rings. The summed E-state index contributed by atoms with van der Waals surface area (Å²) in [5.74, 6) is 0. The number of hydrogen-bond acceptors (Lipinski definition) is 4. The Kier molecular flexibility index (Phi) is 3.32. The molecular weight excluding hydrogens is 160 g/mol. The number of thiazole rings is 1. The van der Waals surface area contributed by atoms with E-state index in [1.165, 1.54) is 11.3 Å². The fourth-order valence-electron chi connectivity index (χ4n) is 0.604. The molecule has 0 unspecified atom stereocenters. The molecule has 0 atom stereocenters. The summed E-state index contributed by atoms with van der Waals surface area (Å²) in [4.78, 5) is 5.98. The van der Waals surface area contributed by atoms with Crippen molar-refractivity contribution in [2.24, 2.45) is 0 Å². The first-order valence-electron chi connectivity index (χ1n) is 3.45. The predicted molar refractivity (Wildman–Crippen MR) is 46.2 cm³/mol. The standard InChI is InChI=1S/C7H12N2OS/c1-9(2)3-4-10-7-5-8-6-11-7/h5-6H,3-4H2,1-2H3. The molecular formula is C7H12N2OS. The zero-order valence-corrected chi connectivity index (χ0v) is 7.60. The summed E-state index contributed by atoms with van der Waals surface area (Å²) in [6, 6.07) is 0. The maximum Gasteiger partial charge on any atom is 0.193 e. The van der Waals surface area contributed by atoms with Gasteiger partial charge in [0.05, 0.1) is 11.7 Å². The average molecular weight is 172 g/mol. The van der Waals surface area contributed by atoms with Gasteiger partial charge < -0.3 is 9.64 Å². The average Bonchev–Trinajstić information content (AvgIpc) is 2.39. The fraction of sp³-hybridized carbons (Fsp3) is 0.571. The van der Waals surface area contributed by atoms with Gasteiger partial charge in [-0.2, -0.15) is 0 Å². The minimum atomic E-state index is 0.731. The predicted octanol–water partition coefficient (Wildman–Crippen LogP) is 1.08. The highest BCUT2D eigenvalue weighted by Crippen LogP contribution is 2.14. The number of aromatic nitrogens is 1. The first-order valence-corrected chi connectivity index (χ1v) is 4.33. The van der Waals surface area contributed by atoms with E-state index in [-0.39, 0.29) is 0 Å². The van der Waals surface area contributed by atoms with Crippen molar-refractivity contribution < 1.29 is 4.74 Å². The van der Waals surface area contributed by atoms with Gasteiger partial charge in [-0.25, -0.2) is 4.98 Å². The summed E-state index contributed by atoms with van der Waals surface area (Å²) in [5.41, 5.74) is 1.77. The van der Waals surface area contributed by atoms with Gasteiger partial charge in [0.1, 0.15) is 6.61 Å². The van der Waals surface area contributed by atoms with Gasteiger partial charge in [0.15, 0.2) is 5.06 Å². The third-order valence-electron chi connectivity index (χ3n) is 1.19. The lowest BCUT2D eigenvalue weighted by Crippen LogP contribution is -2.19. The van der Waals surface area contributed by atoms with E-state index in [2.05, 4.69) is 9.88 Å². The molecule has 0 radical (unpaired) electrons. The molecule has 11 heavy (non-hydrogen) atoms. The van der Waals surface area contributed by atoms with Crippen LogP contribution < -0.4 is 4.74 Å². The Hall–Kier alpha value is -0.610. The molecule has 4 heteroatoms. The number of rotatable bonds is 4. The van der Waals surface area contributed by atoms with Crippen molar-refractivity contribution in [2.45, 2.75) is 0 Å². The van der Waals surface area contributed by atoms with Crippen LogP contribution in [0.1, 0.15) is 0 Å². The Morgan fingerprint density at radius 1 is 1.64 bits per heavy atom. The van der Waals surface area contributed by atoms with E-state index in [1.54, 1.807) is 11.7 Å². The molecule has 0 amide bonds. The van der Waals surface area contributed by atoms with Crippen LogP contribution in [0.5, 0.6) is 5.06 Å². The monoisotopic (exact) mass is 172 g/mol. The van der Waals surface area contributed by atoms with Crippen molar-refractivity contribution >= 4 is 11.3 Å². The van der Waals surface area contributed by atoms with Gasteiger partial charge in [0.25, 0.3) is 0 Å². The van der Waals surface area contributed by atoms with Crippen molar-refractivity contribution in [2.75, 3.05) is 27.2 Å². The SMILES string of the molecule is CN(C)CCOc1cncs1. The normalized spacial score (nSPS) is 10.5. The van der Waals surface area contributed by atoms with E-state index >= 15 is 0 Å². The largest absolute Gasteiger partial charge is 0.481 e. The van der Waals surface area contributed by atoms with Crippen molar-refractivity contribution in [1.29, 1.82) is 0 Å². The summed E-state index contributed by atoms with van der Waals surface area (Å²) in [7, 11) is 4.05. The van der Waals surface area contributed by atoms with Crippen LogP contribution in [0.4, 0.5) is 0 Å². The Labute approximate surface area is 70.6 Å². The smallest absolute Gasteiger partial charge is 0.193 e. The quantitative estimate of drug-likeness (QED) is 0.679. The Morgan fingerprint density at radius 2 is 2.45 bits per heavy atom. The maximum absolute atomic E-state index is 5.37. The second-order valence-electron chi connectivity index (χ2n) is 2.47. The van der Waals surface area contributed by atoms with E-state index in [4.69, 9.17) is 4.74 Å². The summed E-state index contributed by atoms with van der Waals surface area (Å²) < 4.78 is 5.37. The van der Waals surface area contributed by atoms with Crippen molar-refractivity contribution in [3.05, 3.63) is 11.7 Å². The highest BCUT2D eigenvalue weighted by atomic mass is 32.1. The van der Waals surface area contributed by atoms with E-state index < -0.39 is 0 Å². The van der Waals surface area contributed by atoms with Crippen LogP contribution >= 0.6 is 11.3 Å². The molecule has 3 nitrogen and oxygen atoms in total. The molecule has 1 aromatic heterocycles. The molecule has 1 heterocycles. The Balaban J connectivity index is 2.14. The Morgan fingerprint density at radius 3 is 3.00 bits per heavy atom. The van der Waals surface area contributed by atoms with E-state index in [9.17, 15) is 0 Å². The number of hydrogen-bond donors (Lipinski definition) is 0. The molecule has 1 aromatic rings. The lowest BCUT2D eigenvalue weighted by atomic mass is 10.6. The molecule has 0 aromatic carbocycles. The van der Waals surface area contributed by atoms with Crippen molar-refractivity contribution in [3.8, 4) is 5.06 Å². The molecule has 0 aliphatic heterocycles. The van der Waals surface area contributed by atoms with Crippen molar-refractivity contribution in [1.82, 2.24) is 9.88 Å². The van der Waals surface area contributed by atoms with Gasteiger partial charge in [-0.1, -0.05) is 11.3 Å². The van der Waals surface area contributed by atoms with Gasteiger partial charge in [-0.3, -0.25) is 0 Å². The molecule has 62 valence electrons. The zero-order chi connectivity index (χ0) is 8.10. The summed E-state index contributed by atoms with van der Waals surface area (Å²) in [6.07, 6.45) is 1.74. The van der Waals surface area contributed by atoms with Crippen LogP contribution in [-0.4, -0.2) is 37.1 Å². The molecule has 0 N–H and O–H groups in total. The number of likely N-dealkylation sites (N-methyl/N-ethyl adjacent to an activating group) is 1. The third kappa shape index (κ3) is 3.34. The third-order valence-corrected chi connectivity index (χ3v) is 1.88. The van der Waals surface area contributed by atoms with E-state index in [0.717, 1.165) is 18.2 Å². The molecule has 0 saturated carbocycles. The second kappa shape index (κ2) is 4.31. The topological polar surface area (TPSA) is 25.4 Å². The van der Waals surface area contributed by atoms with Crippen LogP contribution in [0, 0.1) is 0 Å². The van der Waals surface area contributed by atoms with Crippen LogP contribution in [0.15, 0.2) is 11.7 Å². The van der Waals surface area contributed by atoms with Crippen molar-refractivity contribution in [3.63, 3.8) is 0 Å². The molecule has 0 bridgehead atoms. The fourth-order valence-corrected chi connectivity index (χ4v) is 1.10. The van der Waals surface area contributed by atoms with E-state index in [1.807, 2.05) is 14.1 Å². The first kappa shape index (κ1) is 8.49. The molecule has 1 rings (SSSR count). The zero-order valence-electron chi connectivity index (χ0n) is 6.78. The van der Waals surface area contributed by atoms with Gasteiger partial charge in [0, 0.05) is 6.54 Å².